The molecule has 2 saturated heterocycles. The molecule has 0 aromatic heterocycles. The molecule has 1 aromatic rings. The fourth-order valence-electron chi connectivity index (χ4n) is 2.79. The number of nitrogens with one attached hydrogen (secondary N) is 2. The lowest BCUT2D eigenvalue weighted by Crippen LogP contribution is -2.39. The van der Waals surface area contributed by atoms with Gasteiger partial charge in [-0.1, -0.05) is 18.2 Å². The van der Waals surface area contributed by atoms with Gasteiger partial charge in [-0.2, -0.15) is 0 Å². The molecule has 2 aliphatic rings. The molecule has 0 amide bonds. The summed E-state index contributed by atoms with van der Waals surface area (Å²) in [5.41, 5.74) is 0. The molecule has 1 aromatic carbocycles. The zero-order valence-electron chi connectivity index (χ0n) is 12.3. The predicted molar refractivity (Wildman–Crippen MR) is 79.4 cm³/mol. The number of rotatable bonds is 4. The molecule has 0 aliphatic carbocycles. The van der Waals surface area contributed by atoms with E-state index in [1.807, 2.05) is 30.3 Å². The molecule has 22 heavy (non-hydrogen) atoms. The number of hydrogen-bond acceptors (Lipinski definition) is 6. The van der Waals surface area contributed by atoms with E-state index in [4.69, 9.17) is 9.47 Å². The van der Waals surface area contributed by atoms with Crippen LogP contribution < -0.4 is 15.4 Å². The zero-order chi connectivity index (χ0) is 15.4. The summed E-state index contributed by atoms with van der Waals surface area (Å²) in [6.07, 6.45) is 2.06. The summed E-state index contributed by atoms with van der Waals surface area (Å²) in [6.45, 7) is 1.35. The minimum Gasteiger partial charge on any atom is -0.489 e. The standard InChI is InChI=1S/C16H20N2O4/c19-15(13-7-4-8-17-13)22-16(20)14-9-12(10-18-14)21-11-5-2-1-3-6-11/h1-3,5-6,12-14,17-18H,4,7-10H2/t12-,13?,14+/m1/s1. The molecule has 2 aliphatic heterocycles. The Hall–Kier alpha value is -1.92. The molecule has 6 nitrogen and oxygen atoms in total. The van der Waals surface area contributed by atoms with Crippen molar-refractivity contribution < 1.29 is 19.1 Å². The molecular weight excluding hydrogens is 284 g/mol. The molecular formula is C16H20N2O4. The van der Waals surface area contributed by atoms with Gasteiger partial charge < -0.3 is 20.1 Å². The minimum absolute atomic E-state index is 0.0975. The Balaban J connectivity index is 1.47. The molecule has 3 rings (SSSR count). The number of para-hydroxylation sites is 1. The van der Waals surface area contributed by atoms with Crippen LogP contribution in [0.3, 0.4) is 0 Å². The van der Waals surface area contributed by atoms with Crippen molar-refractivity contribution >= 4 is 11.9 Å². The van der Waals surface area contributed by atoms with Crippen molar-refractivity contribution in [2.75, 3.05) is 13.1 Å². The third-order valence-corrected chi connectivity index (χ3v) is 3.97. The number of carbonyl (C=O) groups excluding carboxylic acids is 2. The summed E-state index contributed by atoms with van der Waals surface area (Å²) in [5, 5.41) is 6.07. The van der Waals surface area contributed by atoms with E-state index >= 15 is 0 Å². The number of ether oxygens (including phenoxy) is 2. The maximum absolute atomic E-state index is 12.0. The largest absolute Gasteiger partial charge is 0.489 e. The molecule has 1 unspecified atom stereocenters. The van der Waals surface area contributed by atoms with E-state index in [1.165, 1.54) is 0 Å². The Bertz CT molecular complexity index is 528. The third kappa shape index (κ3) is 3.64. The summed E-state index contributed by atoms with van der Waals surface area (Å²) < 4.78 is 10.8. The van der Waals surface area contributed by atoms with Crippen LogP contribution in [-0.4, -0.2) is 43.2 Å². The van der Waals surface area contributed by atoms with Crippen molar-refractivity contribution in [3.63, 3.8) is 0 Å². The maximum Gasteiger partial charge on any atom is 0.330 e. The lowest BCUT2D eigenvalue weighted by atomic mass is 10.2. The zero-order valence-corrected chi connectivity index (χ0v) is 12.3. The SMILES string of the molecule is O=C(OC(=O)[C@@H]1C[C@@H](Oc2ccccc2)CN1)C1CCCN1. The Kier molecular flexibility index (Phi) is 4.70. The predicted octanol–water partition coefficient (Wildman–Crippen LogP) is 0.618. The molecule has 2 N–H and O–H groups in total. The van der Waals surface area contributed by atoms with Crippen LogP contribution in [0.5, 0.6) is 5.75 Å². The number of carbonyl (C=O) groups is 2. The highest BCUT2D eigenvalue weighted by Gasteiger charge is 2.34. The Morgan fingerprint density at radius 3 is 2.55 bits per heavy atom. The molecule has 2 fully saturated rings. The smallest absolute Gasteiger partial charge is 0.330 e. The van der Waals surface area contributed by atoms with E-state index in [1.54, 1.807) is 0 Å². The van der Waals surface area contributed by atoms with Crippen molar-refractivity contribution in [3.8, 4) is 5.75 Å². The molecule has 6 heteroatoms. The van der Waals surface area contributed by atoms with Gasteiger partial charge in [0, 0.05) is 13.0 Å². The summed E-state index contributed by atoms with van der Waals surface area (Å²) >= 11 is 0. The van der Waals surface area contributed by atoms with Gasteiger partial charge in [0.15, 0.2) is 0 Å². The van der Waals surface area contributed by atoms with E-state index < -0.39 is 18.0 Å². The first kappa shape index (κ1) is 15.0. The van der Waals surface area contributed by atoms with Crippen molar-refractivity contribution in [1.29, 1.82) is 0 Å². The minimum atomic E-state index is -0.516. The van der Waals surface area contributed by atoms with Gasteiger partial charge in [-0.3, -0.25) is 0 Å². The van der Waals surface area contributed by atoms with E-state index in [9.17, 15) is 9.59 Å². The van der Waals surface area contributed by atoms with Crippen LogP contribution in [-0.2, 0) is 14.3 Å². The van der Waals surface area contributed by atoms with Crippen molar-refractivity contribution in [1.82, 2.24) is 10.6 Å². The third-order valence-electron chi connectivity index (χ3n) is 3.97. The van der Waals surface area contributed by atoms with Crippen LogP contribution in [0.1, 0.15) is 19.3 Å². The van der Waals surface area contributed by atoms with Crippen molar-refractivity contribution in [2.45, 2.75) is 37.5 Å². The van der Waals surface area contributed by atoms with Crippen LogP contribution in [0.25, 0.3) is 0 Å². The maximum atomic E-state index is 12.0. The van der Waals surface area contributed by atoms with Crippen molar-refractivity contribution in [3.05, 3.63) is 30.3 Å². The first-order valence-corrected chi connectivity index (χ1v) is 7.66. The fraction of sp³-hybridized carbons (Fsp3) is 0.500. The van der Waals surface area contributed by atoms with Crippen LogP contribution in [0.4, 0.5) is 0 Å². The van der Waals surface area contributed by atoms with Gasteiger partial charge in [0.2, 0.25) is 0 Å². The second-order valence-corrected chi connectivity index (χ2v) is 5.64. The van der Waals surface area contributed by atoms with E-state index in [-0.39, 0.29) is 12.1 Å². The van der Waals surface area contributed by atoms with Crippen LogP contribution in [0, 0.1) is 0 Å². The van der Waals surface area contributed by atoms with Gasteiger partial charge in [-0.25, -0.2) is 9.59 Å². The molecule has 3 atom stereocenters. The van der Waals surface area contributed by atoms with Gasteiger partial charge in [-0.15, -0.1) is 0 Å². The fourth-order valence-corrected chi connectivity index (χ4v) is 2.79. The lowest BCUT2D eigenvalue weighted by molar-refractivity contribution is -0.162. The van der Waals surface area contributed by atoms with Gasteiger partial charge in [0.05, 0.1) is 0 Å². The van der Waals surface area contributed by atoms with Crippen LogP contribution in [0.15, 0.2) is 30.3 Å². The van der Waals surface area contributed by atoms with Gasteiger partial charge >= 0.3 is 11.9 Å². The van der Waals surface area contributed by atoms with E-state index in [2.05, 4.69) is 10.6 Å². The lowest BCUT2D eigenvalue weighted by Gasteiger charge is -2.13. The normalized spacial score (nSPS) is 27.5. The van der Waals surface area contributed by atoms with Gasteiger partial charge in [-0.05, 0) is 31.5 Å². The first-order chi connectivity index (χ1) is 10.7. The Labute approximate surface area is 129 Å². The highest BCUT2D eigenvalue weighted by molar-refractivity contribution is 5.91. The number of benzene rings is 1. The van der Waals surface area contributed by atoms with Gasteiger partial charge in [0.1, 0.15) is 23.9 Å². The average molecular weight is 304 g/mol. The first-order valence-electron chi connectivity index (χ1n) is 7.66. The molecule has 0 spiro atoms. The van der Waals surface area contributed by atoms with E-state index in [0.717, 1.165) is 25.1 Å². The van der Waals surface area contributed by atoms with Crippen molar-refractivity contribution in [2.24, 2.45) is 0 Å². The average Bonchev–Trinajstić information content (AvgIpc) is 3.19. The number of esters is 2. The second-order valence-electron chi connectivity index (χ2n) is 5.64. The van der Waals surface area contributed by atoms with E-state index in [0.29, 0.717) is 13.0 Å². The second kappa shape index (κ2) is 6.89. The van der Waals surface area contributed by atoms with Gasteiger partial charge in [0.25, 0.3) is 0 Å². The molecule has 0 radical (unpaired) electrons. The quantitative estimate of drug-likeness (QED) is 0.627. The summed E-state index contributed by atoms with van der Waals surface area (Å²) in [4.78, 5) is 23.8. The summed E-state index contributed by atoms with van der Waals surface area (Å²) in [7, 11) is 0. The molecule has 118 valence electrons. The molecule has 0 saturated carbocycles. The Morgan fingerprint density at radius 2 is 1.82 bits per heavy atom. The Morgan fingerprint density at radius 1 is 1.05 bits per heavy atom. The monoisotopic (exact) mass is 304 g/mol. The highest BCUT2D eigenvalue weighted by atomic mass is 16.6. The molecule has 2 heterocycles. The molecule has 0 bridgehead atoms. The number of hydrogen-bond donors (Lipinski definition) is 2. The topological polar surface area (TPSA) is 76.7 Å². The van der Waals surface area contributed by atoms with Crippen LogP contribution in [0.2, 0.25) is 0 Å². The highest BCUT2D eigenvalue weighted by Crippen LogP contribution is 2.17. The van der Waals surface area contributed by atoms with Crippen LogP contribution >= 0.6 is 0 Å². The summed E-state index contributed by atoms with van der Waals surface area (Å²) in [5.74, 6) is -0.218. The summed E-state index contributed by atoms with van der Waals surface area (Å²) in [6, 6.07) is 8.64.